The van der Waals surface area contributed by atoms with E-state index in [1.807, 2.05) is 18.7 Å². The number of halogens is 1. The molecule has 1 heterocycles. The SMILES string of the molecule is CCCNC(c1cc(C)cc(F)c1)C1CCSC1. The van der Waals surface area contributed by atoms with Gasteiger partial charge in [0.05, 0.1) is 0 Å². The van der Waals surface area contributed by atoms with E-state index in [-0.39, 0.29) is 5.82 Å². The van der Waals surface area contributed by atoms with Crippen LogP contribution in [0.2, 0.25) is 0 Å². The average Bonchev–Trinajstić information content (AvgIpc) is 2.82. The molecular formula is C15H22FNS. The Kier molecular flexibility index (Phi) is 5.07. The molecule has 0 aliphatic carbocycles. The molecule has 2 unspecified atom stereocenters. The Balaban J connectivity index is 2.20. The summed E-state index contributed by atoms with van der Waals surface area (Å²) in [4.78, 5) is 0. The van der Waals surface area contributed by atoms with E-state index >= 15 is 0 Å². The molecule has 1 aliphatic heterocycles. The maximum atomic E-state index is 13.6. The summed E-state index contributed by atoms with van der Waals surface area (Å²) >= 11 is 2.01. The molecular weight excluding hydrogens is 245 g/mol. The summed E-state index contributed by atoms with van der Waals surface area (Å²) in [6.45, 7) is 5.14. The summed E-state index contributed by atoms with van der Waals surface area (Å²) in [6.07, 6.45) is 2.35. The van der Waals surface area contributed by atoms with E-state index in [4.69, 9.17) is 0 Å². The van der Waals surface area contributed by atoms with Crippen molar-refractivity contribution < 1.29 is 4.39 Å². The van der Waals surface area contributed by atoms with Gasteiger partial charge in [-0.1, -0.05) is 13.0 Å². The summed E-state index contributed by atoms with van der Waals surface area (Å²) in [5, 5.41) is 3.60. The summed E-state index contributed by atoms with van der Waals surface area (Å²) in [7, 11) is 0. The molecule has 1 aromatic rings. The third kappa shape index (κ3) is 3.48. The number of hydrogen-bond donors (Lipinski definition) is 1. The Labute approximate surface area is 114 Å². The van der Waals surface area contributed by atoms with E-state index in [0.717, 1.165) is 24.1 Å². The Morgan fingerprint density at radius 1 is 1.44 bits per heavy atom. The Morgan fingerprint density at radius 2 is 2.28 bits per heavy atom. The monoisotopic (exact) mass is 267 g/mol. The van der Waals surface area contributed by atoms with Gasteiger partial charge in [-0.05, 0) is 67.0 Å². The highest BCUT2D eigenvalue weighted by atomic mass is 32.2. The molecule has 0 radical (unpaired) electrons. The molecule has 0 aromatic heterocycles. The van der Waals surface area contributed by atoms with E-state index in [1.165, 1.54) is 17.9 Å². The predicted molar refractivity (Wildman–Crippen MR) is 77.6 cm³/mol. The summed E-state index contributed by atoms with van der Waals surface area (Å²) in [5.74, 6) is 2.96. The van der Waals surface area contributed by atoms with Crippen LogP contribution in [-0.4, -0.2) is 18.1 Å². The first-order valence-corrected chi connectivity index (χ1v) is 7.94. The van der Waals surface area contributed by atoms with Gasteiger partial charge in [0, 0.05) is 6.04 Å². The topological polar surface area (TPSA) is 12.0 Å². The standard InChI is InChI=1S/C15H22FNS/c1-3-5-17-15(12-4-6-18-10-12)13-7-11(2)8-14(16)9-13/h7-9,12,15,17H,3-6,10H2,1-2H3. The summed E-state index contributed by atoms with van der Waals surface area (Å²) in [6, 6.07) is 5.74. The van der Waals surface area contributed by atoms with Crippen LogP contribution in [-0.2, 0) is 0 Å². The van der Waals surface area contributed by atoms with Crippen molar-refractivity contribution in [3.63, 3.8) is 0 Å². The minimum absolute atomic E-state index is 0.112. The fourth-order valence-corrected chi connectivity index (χ4v) is 3.91. The quantitative estimate of drug-likeness (QED) is 0.867. The molecule has 1 saturated heterocycles. The number of aryl methyl sites for hydroxylation is 1. The van der Waals surface area contributed by atoms with Crippen LogP contribution in [0.25, 0.3) is 0 Å². The van der Waals surface area contributed by atoms with Crippen molar-refractivity contribution in [2.45, 2.75) is 32.7 Å². The largest absolute Gasteiger partial charge is 0.310 e. The zero-order valence-corrected chi connectivity index (χ0v) is 12.0. The lowest BCUT2D eigenvalue weighted by Gasteiger charge is -2.25. The molecule has 1 fully saturated rings. The maximum absolute atomic E-state index is 13.6. The molecule has 0 spiro atoms. The predicted octanol–water partition coefficient (Wildman–Crippen LogP) is 3.93. The third-order valence-corrected chi connectivity index (χ3v) is 4.66. The zero-order valence-electron chi connectivity index (χ0n) is 11.2. The van der Waals surface area contributed by atoms with Crippen LogP contribution in [0.15, 0.2) is 18.2 Å². The molecule has 3 heteroatoms. The molecule has 2 atom stereocenters. The molecule has 0 bridgehead atoms. The van der Waals surface area contributed by atoms with Crippen molar-refractivity contribution in [2.75, 3.05) is 18.1 Å². The van der Waals surface area contributed by atoms with Crippen molar-refractivity contribution in [3.05, 3.63) is 35.1 Å². The van der Waals surface area contributed by atoms with Gasteiger partial charge in [0.25, 0.3) is 0 Å². The lowest BCUT2D eigenvalue weighted by atomic mass is 9.91. The number of hydrogen-bond acceptors (Lipinski definition) is 2. The van der Waals surface area contributed by atoms with Gasteiger partial charge in [-0.15, -0.1) is 0 Å². The molecule has 1 aliphatic rings. The third-order valence-electron chi connectivity index (χ3n) is 3.47. The second kappa shape index (κ2) is 6.58. The van der Waals surface area contributed by atoms with Crippen LogP contribution in [0.4, 0.5) is 4.39 Å². The van der Waals surface area contributed by atoms with Crippen molar-refractivity contribution >= 4 is 11.8 Å². The van der Waals surface area contributed by atoms with Gasteiger partial charge in [-0.3, -0.25) is 0 Å². The Bertz CT molecular complexity index is 368. The van der Waals surface area contributed by atoms with Gasteiger partial charge in [0.15, 0.2) is 0 Å². The minimum atomic E-state index is -0.112. The molecule has 2 rings (SSSR count). The summed E-state index contributed by atoms with van der Waals surface area (Å²) < 4.78 is 13.6. The highest BCUT2D eigenvalue weighted by Crippen LogP contribution is 2.34. The van der Waals surface area contributed by atoms with Crippen molar-refractivity contribution in [1.82, 2.24) is 5.32 Å². The Hall–Kier alpha value is -0.540. The van der Waals surface area contributed by atoms with E-state index in [2.05, 4.69) is 18.3 Å². The van der Waals surface area contributed by atoms with E-state index < -0.39 is 0 Å². The van der Waals surface area contributed by atoms with Crippen LogP contribution in [0.1, 0.15) is 36.9 Å². The van der Waals surface area contributed by atoms with Gasteiger partial charge < -0.3 is 5.32 Å². The van der Waals surface area contributed by atoms with E-state index in [1.54, 1.807) is 12.1 Å². The van der Waals surface area contributed by atoms with Gasteiger partial charge in [-0.2, -0.15) is 11.8 Å². The Morgan fingerprint density at radius 3 is 2.89 bits per heavy atom. The highest BCUT2D eigenvalue weighted by molar-refractivity contribution is 7.99. The van der Waals surface area contributed by atoms with Gasteiger partial charge in [0.1, 0.15) is 5.82 Å². The van der Waals surface area contributed by atoms with Crippen molar-refractivity contribution in [3.8, 4) is 0 Å². The van der Waals surface area contributed by atoms with Gasteiger partial charge in [-0.25, -0.2) is 4.39 Å². The van der Waals surface area contributed by atoms with Crippen molar-refractivity contribution in [1.29, 1.82) is 0 Å². The molecule has 18 heavy (non-hydrogen) atoms. The number of benzene rings is 1. The van der Waals surface area contributed by atoms with Crippen molar-refractivity contribution in [2.24, 2.45) is 5.92 Å². The van der Waals surface area contributed by atoms with E-state index in [0.29, 0.717) is 12.0 Å². The molecule has 0 amide bonds. The van der Waals surface area contributed by atoms with Gasteiger partial charge >= 0.3 is 0 Å². The van der Waals surface area contributed by atoms with E-state index in [9.17, 15) is 4.39 Å². The average molecular weight is 267 g/mol. The zero-order chi connectivity index (χ0) is 13.0. The maximum Gasteiger partial charge on any atom is 0.123 e. The van der Waals surface area contributed by atoms with Crippen LogP contribution in [0.5, 0.6) is 0 Å². The molecule has 100 valence electrons. The first kappa shape index (κ1) is 13.9. The fourth-order valence-electron chi connectivity index (χ4n) is 2.62. The fraction of sp³-hybridized carbons (Fsp3) is 0.600. The molecule has 1 aromatic carbocycles. The normalized spacial score (nSPS) is 21.2. The van der Waals surface area contributed by atoms with Crippen LogP contribution >= 0.6 is 11.8 Å². The molecule has 1 nitrogen and oxygen atoms in total. The first-order chi connectivity index (χ1) is 8.70. The number of nitrogens with one attached hydrogen (secondary N) is 1. The second-order valence-corrected chi connectivity index (χ2v) is 6.27. The summed E-state index contributed by atoms with van der Waals surface area (Å²) in [5.41, 5.74) is 2.13. The van der Waals surface area contributed by atoms with Crippen LogP contribution < -0.4 is 5.32 Å². The lowest BCUT2D eigenvalue weighted by Crippen LogP contribution is -2.29. The molecule has 0 saturated carbocycles. The number of thioether (sulfide) groups is 1. The number of rotatable bonds is 5. The second-order valence-electron chi connectivity index (χ2n) is 5.12. The highest BCUT2D eigenvalue weighted by Gasteiger charge is 2.26. The smallest absolute Gasteiger partial charge is 0.123 e. The molecule has 1 N–H and O–H groups in total. The minimum Gasteiger partial charge on any atom is -0.310 e. The first-order valence-electron chi connectivity index (χ1n) is 6.79. The lowest BCUT2D eigenvalue weighted by molar-refractivity contribution is 0.392. The van der Waals surface area contributed by atoms with Gasteiger partial charge in [0.2, 0.25) is 0 Å². The van der Waals surface area contributed by atoms with Crippen LogP contribution in [0.3, 0.4) is 0 Å². The van der Waals surface area contributed by atoms with Crippen LogP contribution in [0, 0.1) is 18.7 Å².